The molecule has 114 valence electrons. The van der Waals surface area contributed by atoms with Gasteiger partial charge in [0.15, 0.2) is 0 Å². The number of ether oxygens (including phenoxy) is 1. The Bertz CT molecular complexity index is 575. The number of benzene rings is 1. The summed E-state index contributed by atoms with van der Waals surface area (Å²) in [6.07, 6.45) is 0.675. The zero-order valence-electron chi connectivity index (χ0n) is 12.3. The summed E-state index contributed by atoms with van der Waals surface area (Å²) in [6.45, 7) is 4.47. The molecule has 2 rings (SSSR count). The van der Waals surface area contributed by atoms with Crippen molar-refractivity contribution in [3.8, 4) is 0 Å². The van der Waals surface area contributed by atoms with Crippen LogP contribution in [0.15, 0.2) is 18.2 Å². The van der Waals surface area contributed by atoms with Crippen LogP contribution in [0.4, 0.5) is 11.4 Å². The quantitative estimate of drug-likeness (QED) is 0.653. The predicted octanol–water partition coefficient (Wildman–Crippen LogP) is 1.93. The number of rotatable bonds is 4. The van der Waals surface area contributed by atoms with Gasteiger partial charge in [0, 0.05) is 25.3 Å². The fraction of sp³-hybridized carbons (Fsp3) is 0.500. The Morgan fingerprint density at radius 3 is 2.76 bits per heavy atom. The van der Waals surface area contributed by atoms with Crippen molar-refractivity contribution in [1.82, 2.24) is 5.32 Å². The third-order valence-electron chi connectivity index (χ3n) is 4.01. The van der Waals surface area contributed by atoms with E-state index >= 15 is 0 Å². The van der Waals surface area contributed by atoms with Gasteiger partial charge in [-0.25, -0.2) is 0 Å². The molecular formula is C14H19N3O4. The highest BCUT2D eigenvalue weighted by molar-refractivity contribution is 5.96. The summed E-state index contributed by atoms with van der Waals surface area (Å²) >= 11 is 0. The highest BCUT2D eigenvalue weighted by Gasteiger charge is 2.38. The number of amides is 1. The third kappa shape index (κ3) is 2.97. The average Bonchev–Trinajstić information content (AvgIpc) is 2.77. The maximum Gasteiger partial charge on any atom is 0.292 e. The molecule has 2 unspecified atom stereocenters. The van der Waals surface area contributed by atoms with Gasteiger partial charge in [-0.05, 0) is 32.4 Å². The molecule has 0 saturated carbocycles. The number of hydrogen-bond donors (Lipinski definition) is 2. The summed E-state index contributed by atoms with van der Waals surface area (Å²) in [5.74, 6) is -0.263. The Kier molecular flexibility index (Phi) is 4.13. The van der Waals surface area contributed by atoms with E-state index in [0.29, 0.717) is 17.9 Å². The van der Waals surface area contributed by atoms with E-state index in [1.165, 1.54) is 18.2 Å². The Labute approximate surface area is 122 Å². The SMILES string of the molecule is CNc1cc(C(=O)NC2(C)CCOC2C)ccc1[N+](=O)[O-]. The molecule has 0 radical (unpaired) electrons. The second kappa shape index (κ2) is 5.69. The van der Waals surface area contributed by atoms with E-state index in [0.717, 1.165) is 6.42 Å². The first-order valence-corrected chi connectivity index (χ1v) is 6.77. The van der Waals surface area contributed by atoms with Crippen molar-refractivity contribution < 1.29 is 14.5 Å². The summed E-state index contributed by atoms with van der Waals surface area (Å²) in [5.41, 5.74) is 0.218. The largest absolute Gasteiger partial charge is 0.383 e. The Morgan fingerprint density at radius 2 is 2.24 bits per heavy atom. The summed E-state index contributed by atoms with van der Waals surface area (Å²) in [5, 5.41) is 16.6. The Balaban J connectivity index is 2.22. The molecule has 1 aliphatic rings. The highest BCUT2D eigenvalue weighted by atomic mass is 16.6. The van der Waals surface area contributed by atoms with Gasteiger partial charge in [0.05, 0.1) is 16.6 Å². The maximum absolute atomic E-state index is 12.3. The van der Waals surface area contributed by atoms with Crippen molar-refractivity contribution >= 4 is 17.3 Å². The molecule has 7 heteroatoms. The summed E-state index contributed by atoms with van der Waals surface area (Å²) in [4.78, 5) is 22.7. The van der Waals surface area contributed by atoms with Crippen molar-refractivity contribution in [2.75, 3.05) is 19.0 Å². The lowest BCUT2D eigenvalue weighted by molar-refractivity contribution is -0.383. The van der Waals surface area contributed by atoms with Gasteiger partial charge in [-0.1, -0.05) is 0 Å². The molecule has 0 aromatic heterocycles. The van der Waals surface area contributed by atoms with Crippen molar-refractivity contribution in [3.05, 3.63) is 33.9 Å². The van der Waals surface area contributed by atoms with E-state index in [1.54, 1.807) is 7.05 Å². The molecule has 1 amide bonds. The minimum absolute atomic E-state index is 0.0576. The van der Waals surface area contributed by atoms with E-state index in [1.807, 2.05) is 13.8 Å². The monoisotopic (exact) mass is 293 g/mol. The van der Waals surface area contributed by atoms with Crippen LogP contribution in [-0.2, 0) is 4.74 Å². The smallest absolute Gasteiger partial charge is 0.292 e. The Morgan fingerprint density at radius 1 is 1.52 bits per heavy atom. The number of carbonyl (C=O) groups is 1. The molecule has 0 aliphatic carbocycles. The van der Waals surface area contributed by atoms with Gasteiger partial charge < -0.3 is 15.4 Å². The molecule has 1 fully saturated rings. The van der Waals surface area contributed by atoms with Gasteiger partial charge in [-0.15, -0.1) is 0 Å². The summed E-state index contributed by atoms with van der Waals surface area (Å²) in [6, 6.07) is 4.27. The number of nitro groups is 1. The van der Waals surface area contributed by atoms with E-state index in [9.17, 15) is 14.9 Å². The number of nitrogens with zero attached hydrogens (tertiary/aromatic N) is 1. The summed E-state index contributed by atoms with van der Waals surface area (Å²) < 4.78 is 5.48. The van der Waals surface area contributed by atoms with E-state index < -0.39 is 10.5 Å². The number of anilines is 1. The molecule has 2 N–H and O–H groups in total. The second-order valence-corrected chi connectivity index (χ2v) is 5.37. The van der Waals surface area contributed by atoms with Crippen LogP contribution in [0, 0.1) is 10.1 Å². The van der Waals surface area contributed by atoms with Gasteiger partial charge in [0.1, 0.15) is 5.69 Å². The van der Waals surface area contributed by atoms with Gasteiger partial charge in [0.25, 0.3) is 11.6 Å². The predicted molar refractivity (Wildman–Crippen MR) is 78.5 cm³/mol. The van der Waals surface area contributed by atoms with Crippen LogP contribution < -0.4 is 10.6 Å². The van der Waals surface area contributed by atoms with Crippen LogP contribution in [0.3, 0.4) is 0 Å². The molecule has 0 bridgehead atoms. The van der Waals surface area contributed by atoms with Crippen LogP contribution in [0.25, 0.3) is 0 Å². The van der Waals surface area contributed by atoms with E-state index in [2.05, 4.69) is 10.6 Å². The van der Waals surface area contributed by atoms with Gasteiger partial charge in [0.2, 0.25) is 0 Å². The number of nitrogens with one attached hydrogen (secondary N) is 2. The number of hydrogen-bond acceptors (Lipinski definition) is 5. The van der Waals surface area contributed by atoms with Gasteiger partial charge in [-0.3, -0.25) is 14.9 Å². The van der Waals surface area contributed by atoms with E-state index in [4.69, 9.17) is 4.74 Å². The second-order valence-electron chi connectivity index (χ2n) is 5.37. The molecular weight excluding hydrogens is 274 g/mol. The van der Waals surface area contributed by atoms with Crippen molar-refractivity contribution in [3.63, 3.8) is 0 Å². The van der Waals surface area contributed by atoms with Crippen LogP contribution >= 0.6 is 0 Å². The standard InChI is InChI=1S/C14H19N3O4/c1-9-14(2,6-7-21-9)16-13(18)10-4-5-12(17(19)20)11(8-10)15-3/h4-5,8-9,15H,6-7H2,1-3H3,(H,16,18). The van der Waals surface area contributed by atoms with Crippen molar-refractivity contribution in [2.24, 2.45) is 0 Å². The molecule has 2 atom stereocenters. The molecule has 1 saturated heterocycles. The molecule has 1 heterocycles. The van der Waals surface area contributed by atoms with Crippen LogP contribution in [-0.4, -0.2) is 36.1 Å². The minimum atomic E-state index is -0.484. The lowest BCUT2D eigenvalue weighted by atomic mass is 9.94. The van der Waals surface area contributed by atoms with Gasteiger partial charge >= 0.3 is 0 Å². The number of nitro benzene ring substituents is 1. The fourth-order valence-electron chi connectivity index (χ4n) is 2.37. The molecule has 1 aliphatic heterocycles. The molecule has 7 nitrogen and oxygen atoms in total. The normalized spacial score (nSPS) is 24.6. The maximum atomic E-state index is 12.3. The van der Waals surface area contributed by atoms with Gasteiger partial charge in [-0.2, -0.15) is 0 Å². The molecule has 21 heavy (non-hydrogen) atoms. The third-order valence-corrected chi connectivity index (χ3v) is 4.01. The first kappa shape index (κ1) is 15.2. The van der Waals surface area contributed by atoms with E-state index in [-0.39, 0.29) is 17.7 Å². The number of carbonyl (C=O) groups excluding carboxylic acids is 1. The fourth-order valence-corrected chi connectivity index (χ4v) is 2.37. The molecule has 1 aromatic carbocycles. The van der Waals surface area contributed by atoms with Crippen molar-refractivity contribution in [2.45, 2.75) is 31.9 Å². The first-order valence-electron chi connectivity index (χ1n) is 6.77. The molecule has 0 spiro atoms. The zero-order chi connectivity index (χ0) is 15.6. The minimum Gasteiger partial charge on any atom is -0.383 e. The zero-order valence-corrected chi connectivity index (χ0v) is 12.3. The van der Waals surface area contributed by atoms with Crippen LogP contribution in [0.2, 0.25) is 0 Å². The summed E-state index contributed by atoms with van der Waals surface area (Å²) in [7, 11) is 1.58. The lowest BCUT2D eigenvalue weighted by Crippen LogP contribution is -2.50. The van der Waals surface area contributed by atoms with Crippen LogP contribution in [0.1, 0.15) is 30.6 Å². The van der Waals surface area contributed by atoms with Crippen molar-refractivity contribution in [1.29, 1.82) is 0 Å². The topological polar surface area (TPSA) is 93.5 Å². The lowest BCUT2D eigenvalue weighted by Gasteiger charge is -2.28. The highest BCUT2D eigenvalue weighted by Crippen LogP contribution is 2.27. The average molecular weight is 293 g/mol. The first-order chi connectivity index (χ1) is 9.87. The Hall–Kier alpha value is -2.15. The molecule has 1 aromatic rings. The van der Waals surface area contributed by atoms with Crippen LogP contribution in [0.5, 0.6) is 0 Å².